The highest BCUT2D eigenvalue weighted by molar-refractivity contribution is 7.89. The van der Waals surface area contributed by atoms with Gasteiger partial charge in [0, 0.05) is 12.1 Å². The van der Waals surface area contributed by atoms with Crippen LogP contribution in [-0.4, -0.2) is 31.7 Å². The van der Waals surface area contributed by atoms with Crippen molar-refractivity contribution < 1.29 is 35.9 Å². The first-order valence-electron chi connectivity index (χ1n) is 5.35. The van der Waals surface area contributed by atoms with Crippen molar-refractivity contribution in [2.75, 3.05) is 0 Å². The Kier molecular flexibility index (Phi) is 4.49. The van der Waals surface area contributed by atoms with Crippen LogP contribution in [0.1, 0.15) is 29.7 Å². The van der Waals surface area contributed by atoms with Gasteiger partial charge in [0.25, 0.3) is 0 Å². The van der Waals surface area contributed by atoms with Gasteiger partial charge in [-0.3, -0.25) is 0 Å². The fraction of sp³-hybridized carbons (Fsp3) is 0.500. The van der Waals surface area contributed by atoms with E-state index in [1.807, 2.05) is 4.72 Å². The van der Waals surface area contributed by atoms with E-state index in [9.17, 15) is 26.4 Å². The van der Waals surface area contributed by atoms with Gasteiger partial charge in [0.05, 0.1) is 6.42 Å². The minimum Gasteiger partial charge on any atom is -0.475 e. The third-order valence-electron chi connectivity index (χ3n) is 2.27. The van der Waals surface area contributed by atoms with Crippen molar-refractivity contribution >= 4 is 16.0 Å². The molecule has 0 radical (unpaired) electrons. The molecule has 0 amide bonds. The summed E-state index contributed by atoms with van der Waals surface area (Å²) in [6.07, 6.45) is -5.85. The number of alkyl halides is 3. The highest BCUT2D eigenvalue weighted by atomic mass is 32.2. The smallest absolute Gasteiger partial charge is 0.390 e. The Hall–Kier alpha value is -1.55. The van der Waals surface area contributed by atoms with E-state index >= 15 is 0 Å². The summed E-state index contributed by atoms with van der Waals surface area (Å²) in [6, 6.07) is -0.636. The molecule has 1 unspecified atom stereocenters. The molecule has 1 aromatic rings. The number of carboxylic acids is 1. The zero-order valence-corrected chi connectivity index (χ0v) is 11.3. The molecular formula is C10H12F3NO5S. The lowest BCUT2D eigenvalue weighted by Crippen LogP contribution is -2.36. The Bertz CT molecular complexity index is 605. The number of hydrogen-bond donors (Lipinski definition) is 2. The summed E-state index contributed by atoms with van der Waals surface area (Å²) in [5.41, 5.74) is 0. The van der Waals surface area contributed by atoms with Crippen molar-refractivity contribution in [1.82, 2.24) is 4.72 Å². The second-order valence-electron chi connectivity index (χ2n) is 4.18. The van der Waals surface area contributed by atoms with E-state index in [1.54, 1.807) is 0 Å². The van der Waals surface area contributed by atoms with Gasteiger partial charge in [0.2, 0.25) is 15.8 Å². The summed E-state index contributed by atoms with van der Waals surface area (Å²) < 4.78 is 66.7. The second kappa shape index (κ2) is 5.44. The zero-order valence-electron chi connectivity index (χ0n) is 10.5. The van der Waals surface area contributed by atoms with Gasteiger partial charge in [0.15, 0.2) is 0 Å². The molecule has 114 valence electrons. The van der Waals surface area contributed by atoms with Crippen molar-refractivity contribution in [3.05, 3.63) is 17.6 Å². The fourth-order valence-electron chi connectivity index (χ4n) is 1.55. The van der Waals surface area contributed by atoms with Crippen LogP contribution >= 0.6 is 0 Å². The maximum absolute atomic E-state index is 12.1. The van der Waals surface area contributed by atoms with Crippen LogP contribution in [-0.2, 0) is 10.0 Å². The number of carbonyl (C=O) groups is 1. The van der Waals surface area contributed by atoms with Gasteiger partial charge in [-0.1, -0.05) is 0 Å². The van der Waals surface area contributed by atoms with Crippen LogP contribution in [0.25, 0.3) is 0 Å². The predicted molar refractivity (Wildman–Crippen MR) is 60.9 cm³/mol. The van der Waals surface area contributed by atoms with Gasteiger partial charge in [-0.15, -0.1) is 0 Å². The first kappa shape index (κ1) is 16.5. The number of sulfonamides is 1. The first-order chi connectivity index (χ1) is 8.92. The van der Waals surface area contributed by atoms with Crippen LogP contribution in [0.2, 0.25) is 0 Å². The van der Waals surface area contributed by atoms with E-state index < -0.39 is 45.3 Å². The molecule has 0 fully saturated rings. The minimum atomic E-state index is -4.51. The molecule has 10 heteroatoms. The molecule has 0 aliphatic rings. The van der Waals surface area contributed by atoms with Crippen molar-refractivity contribution in [2.24, 2.45) is 0 Å². The molecule has 0 spiro atoms. The van der Waals surface area contributed by atoms with Crippen LogP contribution in [0.15, 0.2) is 15.4 Å². The average Bonchev–Trinajstić information content (AvgIpc) is 2.56. The van der Waals surface area contributed by atoms with Crippen LogP contribution < -0.4 is 4.72 Å². The molecule has 2 N–H and O–H groups in total. The molecule has 1 aromatic heterocycles. The number of rotatable bonds is 5. The van der Waals surface area contributed by atoms with Crippen molar-refractivity contribution in [2.45, 2.75) is 37.4 Å². The second-order valence-corrected chi connectivity index (χ2v) is 5.86. The summed E-state index contributed by atoms with van der Waals surface area (Å²) in [4.78, 5) is 10.1. The minimum absolute atomic E-state index is 0.214. The molecule has 0 saturated heterocycles. The number of nitrogens with one attached hydrogen (secondary N) is 1. The molecule has 0 aliphatic carbocycles. The van der Waals surface area contributed by atoms with E-state index in [0.717, 1.165) is 13.0 Å². The largest absolute Gasteiger partial charge is 0.475 e. The Morgan fingerprint density at radius 1 is 1.50 bits per heavy atom. The summed E-state index contributed by atoms with van der Waals surface area (Å²) >= 11 is 0. The molecule has 20 heavy (non-hydrogen) atoms. The lowest BCUT2D eigenvalue weighted by molar-refractivity contribution is -0.137. The maximum Gasteiger partial charge on any atom is 0.390 e. The highest BCUT2D eigenvalue weighted by Crippen LogP contribution is 2.24. The number of aromatic carboxylic acids is 1. The van der Waals surface area contributed by atoms with Gasteiger partial charge in [-0.2, -0.15) is 13.2 Å². The van der Waals surface area contributed by atoms with Gasteiger partial charge < -0.3 is 9.52 Å². The number of hydrogen-bond acceptors (Lipinski definition) is 4. The summed E-state index contributed by atoms with van der Waals surface area (Å²) in [7, 11) is -4.28. The average molecular weight is 315 g/mol. The van der Waals surface area contributed by atoms with Crippen LogP contribution in [0.5, 0.6) is 0 Å². The molecule has 6 nitrogen and oxygen atoms in total. The molecule has 0 saturated carbocycles. The lowest BCUT2D eigenvalue weighted by atomic mass is 10.2. The Morgan fingerprint density at radius 3 is 2.45 bits per heavy atom. The molecular weight excluding hydrogens is 303 g/mol. The van der Waals surface area contributed by atoms with Gasteiger partial charge >= 0.3 is 12.1 Å². The van der Waals surface area contributed by atoms with E-state index in [4.69, 9.17) is 9.52 Å². The Labute approximate surface area is 112 Å². The molecule has 1 atom stereocenters. The highest BCUT2D eigenvalue weighted by Gasteiger charge is 2.33. The quantitative estimate of drug-likeness (QED) is 0.865. The number of halogens is 3. The van der Waals surface area contributed by atoms with Crippen LogP contribution in [0.4, 0.5) is 13.2 Å². The van der Waals surface area contributed by atoms with E-state index in [2.05, 4.69) is 0 Å². The molecule has 1 rings (SSSR count). The van der Waals surface area contributed by atoms with E-state index in [1.165, 1.54) is 6.92 Å². The number of carboxylic acid groups (broad SMARTS) is 1. The van der Waals surface area contributed by atoms with Crippen molar-refractivity contribution in [3.63, 3.8) is 0 Å². The third-order valence-corrected chi connectivity index (χ3v) is 3.96. The summed E-state index contributed by atoms with van der Waals surface area (Å²) in [5, 5.41) is 8.67. The monoisotopic (exact) mass is 315 g/mol. The lowest BCUT2D eigenvalue weighted by Gasteiger charge is -2.15. The zero-order chi connectivity index (χ0) is 15.7. The summed E-state index contributed by atoms with van der Waals surface area (Å²) in [6.45, 7) is 2.26. The number of furan rings is 1. The van der Waals surface area contributed by atoms with E-state index in [-0.39, 0.29) is 5.76 Å². The van der Waals surface area contributed by atoms with Gasteiger partial charge in [0.1, 0.15) is 10.7 Å². The van der Waals surface area contributed by atoms with E-state index in [0.29, 0.717) is 0 Å². The van der Waals surface area contributed by atoms with Crippen LogP contribution in [0, 0.1) is 6.92 Å². The SMILES string of the molecule is Cc1oc(C(=O)O)cc1S(=O)(=O)NC(C)CC(F)(F)F. The molecule has 1 heterocycles. The Balaban J connectivity index is 2.97. The van der Waals surface area contributed by atoms with Crippen LogP contribution in [0.3, 0.4) is 0 Å². The standard InChI is InChI=1S/C10H12F3NO5S/c1-5(4-10(11,12)13)14-20(17,18)8-3-7(9(15)16)19-6(8)2/h3,5,14H,4H2,1-2H3,(H,15,16). The molecule has 0 aliphatic heterocycles. The maximum atomic E-state index is 12.1. The van der Waals surface area contributed by atoms with Gasteiger partial charge in [-0.25, -0.2) is 17.9 Å². The number of aryl methyl sites for hydroxylation is 1. The predicted octanol–water partition coefficient (Wildman–Crippen LogP) is 1.91. The third kappa shape index (κ3) is 4.23. The molecule has 0 bridgehead atoms. The normalized spacial score (nSPS) is 14.2. The molecule has 0 aromatic carbocycles. The van der Waals surface area contributed by atoms with Crippen molar-refractivity contribution in [3.8, 4) is 0 Å². The first-order valence-corrected chi connectivity index (χ1v) is 6.83. The van der Waals surface area contributed by atoms with Gasteiger partial charge in [-0.05, 0) is 13.8 Å². The Morgan fingerprint density at radius 2 is 2.05 bits per heavy atom. The van der Waals surface area contributed by atoms with Crippen molar-refractivity contribution in [1.29, 1.82) is 0 Å². The fourth-order valence-corrected chi connectivity index (χ4v) is 2.98. The summed E-state index contributed by atoms with van der Waals surface area (Å²) in [5.74, 6) is -2.29. The topological polar surface area (TPSA) is 96.6 Å².